The highest BCUT2D eigenvalue weighted by molar-refractivity contribution is 6.47. The summed E-state index contributed by atoms with van der Waals surface area (Å²) in [4.78, 5) is 56.7. The smallest absolute Gasteiger partial charge is 0.339 e. The molecule has 0 bridgehead atoms. The van der Waals surface area contributed by atoms with Gasteiger partial charge >= 0.3 is 11.9 Å². The van der Waals surface area contributed by atoms with E-state index < -0.39 is 33.6 Å². The van der Waals surface area contributed by atoms with Gasteiger partial charge in [0.1, 0.15) is 0 Å². The largest absolute Gasteiger partial charge is 0.465 e. The fraction of sp³-hybridized carbons (Fsp3) is 0.346. The number of hydrogen-bond donors (Lipinski definition) is 0. The van der Waals surface area contributed by atoms with Gasteiger partial charge in [-0.05, 0) is 134 Å². The second kappa shape index (κ2) is 12.4. The maximum Gasteiger partial charge on any atom is 0.339 e. The first-order valence-electron chi connectivity index (χ1n) is 20.1. The maximum atomic E-state index is 14.3. The molecule has 0 spiro atoms. The van der Waals surface area contributed by atoms with Crippen molar-refractivity contribution in [3.63, 3.8) is 0 Å². The van der Waals surface area contributed by atoms with E-state index in [0.717, 1.165) is 64.7 Å². The molecule has 0 saturated heterocycles. The number of esters is 2. The number of allylic oxidation sites excluding steroid dienone is 8. The Morgan fingerprint density at radius 3 is 1.00 bits per heavy atom. The van der Waals surface area contributed by atoms with E-state index in [1.807, 2.05) is 36.4 Å². The van der Waals surface area contributed by atoms with Crippen LogP contribution in [0.25, 0.3) is 65.0 Å². The number of hydrogen-bond acceptors (Lipinski definition) is 6. The van der Waals surface area contributed by atoms with Gasteiger partial charge in [-0.15, -0.1) is 0 Å². The van der Waals surface area contributed by atoms with Crippen molar-refractivity contribution in [2.75, 3.05) is 14.2 Å². The minimum atomic E-state index is -0.654. The zero-order chi connectivity index (χ0) is 42.3. The molecule has 0 N–H and O–H groups in total. The zero-order valence-electron chi connectivity index (χ0n) is 36.2. The molecule has 6 aromatic rings. The van der Waals surface area contributed by atoms with Gasteiger partial charge in [0, 0.05) is 22.3 Å². The Labute approximate surface area is 339 Å². The number of methoxy groups -OCH3 is 2. The second-order valence-electron chi connectivity index (χ2n) is 20.3. The van der Waals surface area contributed by atoms with Gasteiger partial charge in [0.25, 0.3) is 0 Å². The molecule has 6 nitrogen and oxygen atoms in total. The van der Waals surface area contributed by atoms with E-state index in [0.29, 0.717) is 33.1 Å². The number of carbonyl (C=O) groups is 4. The van der Waals surface area contributed by atoms with Gasteiger partial charge in [0.2, 0.25) is 0 Å². The lowest BCUT2D eigenvalue weighted by Crippen LogP contribution is -2.28. The van der Waals surface area contributed by atoms with E-state index in [-0.39, 0.29) is 22.7 Å². The average Bonchev–Trinajstić information content (AvgIpc) is 3.50. The highest BCUT2D eigenvalue weighted by atomic mass is 16.5. The molecule has 0 amide bonds. The van der Waals surface area contributed by atoms with Gasteiger partial charge in [0.05, 0.1) is 25.3 Å². The molecule has 6 heteroatoms. The fourth-order valence-corrected chi connectivity index (χ4v) is 9.33. The van der Waals surface area contributed by atoms with Crippen LogP contribution in [0.2, 0.25) is 0 Å². The molecule has 0 fully saturated rings. The summed E-state index contributed by atoms with van der Waals surface area (Å²) in [7, 11) is 2.65. The minimum Gasteiger partial charge on any atom is -0.465 e. The summed E-state index contributed by atoms with van der Waals surface area (Å²) >= 11 is 0. The van der Waals surface area contributed by atoms with Gasteiger partial charge < -0.3 is 9.47 Å². The topological polar surface area (TPSA) is 86.7 Å². The average molecular weight is 773 g/mol. The van der Waals surface area contributed by atoms with E-state index in [4.69, 9.17) is 9.47 Å². The van der Waals surface area contributed by atoms with Crippen LogP contribution in [0.15, 0.2) is 83.0 Å². The minimum absolute atomic E-state index is 0.0319. The first-order chi connectivity index (χ1) is 26.9. The van der Waals surface area contributed by atoms with Crippen molar-refractivity contribution in [2.45, 2.75) is 83.1 Å². The summed E-state index contributed by atoms with van der Waals surface area (Å²) in [6.45, 7) is 24.7. The molecule has 0 radical (unpaired) electrons. The number of benzene rings is 5. The van der Waals surface area contributed by atoms with Crippen molar-refractivity contribution in [1.82, 2.24) is 0 Å². The number of rotatable bonds is 2. The van der Waals surface area contributed by atoms with Crippen LogP contribution in [0.1, 0.15) is 104 Å². The molecule has 0 aliphatic heterocycles. The highest BCUT2D eigenvalue weighted by Gasteiger charge is 2.37. The van der Waals surface area contributed by atoms with Crippen LogP contribution in [0.3, 0.4) is 0 Å². The first-order valence-corrected chi connectivity index (χ1v) is 20.1. The van der Waals surface area contributed by atoms with Gasteiger partial charge in [-0.3, -0.25) is 9.59 Å². The molecule has 0 aromatic heterocycles. The molecule has 0 heterocycles. The van der Waals surface area contributed by atoms with Gasteiger partial charge in [0.15, 0.2) is 11.6 Å². The molecule has 2 aliphatic rings. The van der Waals surface area contributed by atoms with E-state index in [9.17, 15) is 19.2 Å². The van der Waals surface area contributed by atoms with Crippen molar-refractivity contribution in [2.24, 2.45) is 21.7 Å². The summed E-state index contributed by atoms with van der Waals surface area (Å²) in [5.74, 6) is -1.24. The maximum absolute atomic E-state index is 14.3. The molecule has 6 aromatic carbocycles. The predicted octanol–water partition coefficient (Wildman–Crippen LogP) is 10.7. The normalized spacial score (nSPS) is 16.3. The number of ketones is 2. The lowest BCUT2D eigenvalue weighted by atomic mass is 9.71. The number of ether oxygens (including phenoxy) is 2. The standard InChI is InChI=1S/C52H52O6/c1-49(2,3)34-19-26(20-35(45(34)53)50(4,5)6)30-23-32-41-39-28(30)17-15-25-16-18-29-31(27-21-36(51(7,8)9)46(54)37(22-27)52(10,11)12)24-33(42(41)40(29)38(25)39)44(48(56)58-14)43(32)47(55)57-13/h15-24H,1-14H3. The first kappa shape index (κ1) is 39.2. The van der Waals surface area contributed by atoms with Crippen molar-refractivity contribution in [3.05, 3.63) is 105 Å². The van der Waals surface area contributed by atoms with E-state index in [1.165, 1.54) is 14.2 Å². The summed E-state index contributed by atoms with van der Waals surface area (Å²) in [6, 6.07) is 12.6. The van der Waals surface area contributed by atoms with Crippen LogP contribution in [0.5, 0.6) is 0 Å². The van der Waals surface area contributed by atoms with Crippen molar-refractivity contribution in [1.29, 1.82) is 0 Å². The van der Waals surface area contributed by atoms with Gasteiger partial charge in [-0.1, -0.05) is 107 Å². The molecular formula is C52H52O6. The Hall–Kier alpha value is -5.62. The highest BCUT2D eigenvalue weighted by Crippen LogP contribution is 2.50. The van der Waals surface area contributed by atoms with Crippen LogP contribution in [0, 0.1) is 21.7 Å². The lowest BCUT2D eigenvalue weighted by molar-refractivity contribution is -0.114. The van der Waals surface area contributed by atoms with Crippen LogP contribution in [0.4, 0.5) is 0 Å². The summed E-state index contributed by atoms with van der Waals surface area (Å²) < 4.78 is 11.0. The van der Waals surface area contributed by atoms with Crippen molar-refractivity contribution < 1.29 is 28.7 Å². The van der Waals surface area contributed by atoms with Gasteiger partial charge in [-0.25, -0.2) is 9.59 Å². The Morgan fingerprint density at radius 2 is 0.724 bits per heavy atom. The lowest BCUT2D eigenvalue weighted by Gasteiger charge is -2.31. The Balaban J connectivity index is 1.71. The fourth-order valence-electron chi connectivity index (χ4n) is 9.33. The number of carbonyl (C=O) groups excluding carboxylic acids is 4. The third-order valence-corrected chi connectivity index (χ3v) is 12.2. The van der Waals surface area contributed by atoms with Crippen molar-refractivity contribution in [3.8, 4) is 0 Å². The third-order valence-electron chi connectivity index (χ3n) is 12.2. The van der Waals surface area contributed by atoms with E-state index >= 15 is 0 Å². The summed E-state index contributed by atoms with van der Waals surface area (Å²) in [5.41, 5.74) is 3.05. The van der Waals surface area contributed by atoms with Crippen molar-refractivity contribution >= 4 is 88.5 Å². The predicted molar refractivity (Wildman–Crippen MR) is 236 cm³/mol. The Morgan fingerprint density at radius 1 is 0.431 bits per heavy atom. The quantitative estimate of drug-likeness (QED) is 0.129. The van der Waals surface area contributed by atoms with Crippen LogP contribution in [-0.2, 0) is 19.1 Å². The molecule has 58 heavy (non-hydrogen) atoms. The molecule has 2 aliphatic carbocycles. The number of Topliss-reactive ketones (excluding diaryl/α,β-unsaturated/α-hetero) is 2. The third kappa shape index (κ3) is 5.58. The molecule has 296 valence electrons. The summed E-state index contributed by atoms with van der Waals surface area (Å²) in [5, 5.41) is 10.6. The molecule has 0 saturated carbocycles. The monoisotopic (exact) mass is 772 g/mol. The zero-order valence-corrected chi connectivity index (χ0v) is 36.2. The van der Waals surface area contributed by atoms with E-state index in [2.05, 4.69) is 107 Å². The molecule has 8 rings (SSSR count). The Kier molecular flexibility index (Phi) is 8.41. The Bertz CT molecular complexity index is 2810. The van der Waals surface area contributed by atoms with E-state index in [1.54, 1.807) is 0 Å². The van der Waals surface area contributed by atoms with Crippen LogP contribution < -0.4 is 10.4 Å². The molecular weight excluding hydrogens is 721 g/mol. The second-order valence-corrected chi connectivity index (χ2v) is 20.3. The van der Waals surface area contributed by atoms with Crippen LogP contribution in [-0.4, -0.2) is 37.7 Å². The molecule has 0 atom stereocenters. The van der Waals surface area contributed by atoms with Gasteiger partial charge in [-0.2, -0.15) is 0 Å². The van der Waals surface area contributed by atoms with Crippen LogP contribution >= 0.6 is 0 Å². The SMILES string of the molecule is COC(=O)c1c(C(=O)OC)c2cc(=C3C=C(C(C)(C)C)C(=O)C(C(C)(C)C)=C3)c3ccc4ccc5c(=C6C=C(C(C)(C)C)C(=O)C(C(C)(C)C)=C6)cc1c1c2c3c4c51. The summed E-state index contributed by atoms with van der Waals surface area (Å²) in [6.07, 6.45) is 8.01. The molecule has 0 unspecified atom stereocenters.